The van der Waals surface area contributed by atoms with Crippen LogP contribution in [-0.2, 0) is 14.8 Å². The molecule has 0 fully saturated rings. The second-order valence-electron chi connectivity index (χ2n) is 5.75. The van der Waals surface area contributed by atoms with Crippen LogP contribution < -0.4 is 4.72 Å². The standard InChI is InChI=1S/C16H19N3O4S/c1-11(2)8-14(16(20)21)19-24(22,23)13-9-17-15(18-10-13)12-6-4-3-5-7-12/h3-7,9-11,14,19H,8H2,1-2H3,(H,20,21)/t14-/m0/s1. The Kier molecular flexibility index (Phi) is 5.63. The van der Waals surface area contributed by atoms with E-state index in [1.54, 1.807) is 0 Å². The van der Waals surface area contributed by atoms with E-state index < -0.39 is 22.0 Å². The van der Waals surface area contributed by atoms with Gasteiger partial charge >= 0.3 is 5.97 Å². The zero-order chi connectivity index (χ0) is 17.7. The van der Waals surface area contributed by atoms with Crippen LogP contribution in [0.1, 0.15) is 20.3 Å². The monoisotopic (exact) mass is 349 g/mol. The Balaban J connectivity index is 2.21. The molecule has 0 spiro atoms. The van der Waals surface area contributed by atoms with Crippen LogP contribution in [0.25, 0.3) is 11.4 Å². The minimum absolute atomic E-state index is 0.0329. The minimum Gasteiger partial charge on any atom is -0.480 e. The van der Waals surface area contributed by atoms with Crippen LogP contribution in [0.3, 0.4) is 0 Å². The Morgan fingerprint density at radius 1 is 1.17 bits per heavy atom. The molecule has 0 aliphatic carbocycles. The normalized spacial score (nSPS) is 13.0. The van der Waals surface area contributed by atoms with E-state index in [1.165, 1.54) is 12.4 Å². The number of carbonyl (C=O) groups is 1. The molecule has 1 aromatic heterocycles. The van der Waals surface area contributed by atoms with E-state index in [0.29, 0.717) is 5.82 Å². The second kappa shape index (κ2) is 7.50. The third-order valence-corrected chi connectivity index (χ3v) is 4.70. The summed E-state index contributed by atoms with van der Waals surface area (Å²) in [6.07, 6.45) is 2.54. The number of hydrogen-bond donors (Lipinski definition) is 2. The van der Waals surface area contributed by atoms with Crippen molar-refractivity contribution < 1.29 is 18.3 Å². The summed E-state index contributed by atoms with van der Waals surface area (Å²) in [5.41, 5.74) is 0.762. The third-order valence-electron chi connectivity index (χ3n) is 3.27. The average Bonchev–Trinajstić information content (AvgIpc) is 2.54. The highest BCUT2D eigenvalue weighted by atomic mass is 32.2. The molecule has 2 rings (SSSR count). The molecule has 128 valence electrons. The van der Waals surface area contributed by atoms with Crippen LogP contribution in [0.5, 0.6) is 0 Å². The fourth-order valence-corrected chi connectivity index (χ4v) is 3.21. The number of aliphatic carboxylic acids is 1. The van der Waals surface area contributed by atoms with Gasteiger partial charge in [-0.15, -0.1) is 0 Å². The number of sulfonamides is 1. The molecule has 0 saturated heterocycles. The van der Waals surface area contributed by atoms with Gasteiger partial charge in [0.25, 0.3) is 0 Å². The molecule has 1 atom stereocenters. The maximum absolute atomic E-state index is 12.3. The van der Waals surface area contributed by atoms with Crippen molar-refractivity contribution >= 4 is 16.0 Å². The molecule has 0 aliphatic rings. The van der Waals surface area contributed by atoms with Crippen molar-refractivity contribution in [1.29, 1.82) is 0 Å². The molecule has 0 saturated carbocycles. The van der Waals surface area contributed by atoms with Gasteiger partial charge in [-0.25, -0.2) is 18.4 Å². The number of rotatable bonds is 7. The summed E-state index contributed by atoms with van der Waals surface area (Å²) in [4.78, 5) is 19.2. The molecule has 7 nitrogen and oxygen atoms in total. The quantitative estimate of drug-likeness (QED) is 0.790. The first-order chi connectivity index (χ1) is 11.3. The second-order valence-corrected chi connectivity index (χ2v) is 7.46. The Labute approximate surface area is 140 Å². The van der Waals surface area contributed by atoms with Crippen molar-refractivity contribution in [2.75, 3.05) is 0 Å². The van der Waals surface area contributed by atoms with E-state index in [9.17, 15) is 13.2 Å². The van der Waals surface area contributed by atoms with E-state index in [-0.39, 0.29) is 17.2 Å². The van der Waals surface area contributed by atoms with Gasteiger partial charge in [0.2, 0.25) is 10.0 Å². The topological polar surface area (TPSA) is 109 Å². The highest BCUT2D eigenvalue weighted by Crippen LogP contribution is 2.16. The molecular weight excluding hydrogens is 330 g/mol. The first-order valence-electron chi connectivity index (χ1n) is 7.42. The fraction of sp³-hybridized carbons (Fsp3) is 0.312. The van der Waals surface area contributed by atoms with Gasteiger partial charge in [-0.05, 0) is 12.3 Å². The van der Waals surface area contributed by atoms with Gasteiger partial charge in [0.15, 0.2) is 5.82 Å². The summed E-state index contributed by atoms with van der Waals surface area (Å²) in [7, 11) is -4.00. The SMILES string of the molecule is CC(C)C[C@H](NS(=O)(=O)c1cnc(-c2ccccc2)nc1)C(=O)O. The van der Waals surface area contributed by atoms with Crippen molar-refractivity contribution in [2.24, 2.45) is 5.92 Å². The Morgan fingerprint density at radius 2 is 1.75 bits per heavy atom. The lowest BCUT2D eigenvalue weighted by Crippen LogP contribution is -2.41. The van der Waals surface area contributed by atoms with Crippen LogP contribution in [0, 0.1) is 5.92 Å². The molecule has 1 aromatic carbocycles. The first-order valence-corrected chi connectivity index (χ1v) is 8.90. The number of nitrogens with one attached hydrogen (secondary N) is 1. The zero-order valence-corrected chi connectivity index (χ0v) is 14.2. The van der Waals surface area contributed by atoms with Crippen molar-refractivity contribution in [3.8, 4) is 11.4 Å². The van der Waals surface area contributed by atoms with Gasteiger partial charge in [-0.3, -0.25) is 4.79 Å². The molecule has 1 heterocycles. The fourth-order valence-electron chi connectivity index (χ4n) is 2.12. The van der Waals surface area contributed by atoms with Crippen molar-refractivity contribution in [3.63, 3.8) is 0 Å². The average molecular weight is 349 g/mol. The predicted octanol–water partition coefficient (Wildman–Crippen LogP) is 1.92. The van der Waals surface area contributed by atoms with Gasteiger partial charge in [0, 0.05) is 5.56 Å². The lowest BCUT2D eigenvalue weighted by molar-refractivity contribution is -0.139. The molecular formula is C16H19N3O4S. The van der Waals surface area contributed by atoms with E-state index in [4.69, 9.17) is 5.11 Å². The maximum Gasteiger partial charge on any atom is 0.321 e. The Bertz CT molecular complexity index is 790. The third kappa shape index (κ3) is 4.59. The number of aromatic nitrogens is 2. The summed E-state index contributed by atoms with van der Waals surface area (Å²) in [5.74, 6) is -0.786. The molecule has 0 bridgehead atoms. The van der Waals surface area contributed by atoms with E-state index in [1.807, 2.05) is 44.2 Å². The van der Waals surface area contributed by atoms with Crippen LogP contribution in [0.15, 0.2) is 47.6 Å². The number of nitrogens with zero attached hydrogens (tertiary/aromatic N) is 2. The number of carboxylic acids is 1. The lowest BCUT2D eigenvalue weighted by Gasteiger charge is -2.16. The first kappa shape index (κ1) is 18.0. The summed E-state index contributed by atoms with van der Waals surface area (Å²) >= 11 is 0. The van der Waals surface area contributed by atoms with Gasteiger partial charge in [-0.1, -0.05) is 44.2 Å². The molecule has 0 radical (unpaired) electrons. The van der Waals surface area contributed by atoms with E-state index in [2.05, 4.69) is 14.7 Å². The molecule has 24 heavy (non-hydrogen) atoms. The Morgan fingerprint density at radius 3 is 2.25 bits per heavy atom. The van der Waals surface area contributed by atoms with Gasteiger partial charge in [0.1, 0.15) is 10.9 Å². The molecule has 0 aliphatic heterocycles. The van der Waals surface area contributed by atoms with Crippen LogP contribution >= 0.6 is 0 Å². The number of benzene rings is 1. The van der Waals surface area contributed by atoms with Crippen molar-refractivity contribution in [3.05, 3.63) is 42.7 Å². The largest absolute Gasteiger partial charge is 0.480 e. The molecule has 2 N–H and O–H groups in total. The zero-order valence-electron chi connectivity index (χ0n) is 13.4. The van der Waals surface area contributed by atoms with Crippen molar-refractivity contribution in [2.45, 2.75) is 31.2 Å². The summed E-state index contributed by atoms with van der Waals surface area (Å²) in [5, 5.41) is 9.17. The highest BCUT2D eigenvalue weighted by Gasteiger charge is 2.26. The molecule has 0 amide bonds. The van der Waals surface area contributed by atoms with Gasteiger partial charge in [0.05, 0.1) is 12.4 Å². The van der Waals surface area contributed by atoms with Gasteiger partial charge in [-0.2, -0.15) is 4.72 Å². The lowest BCUT2D eigenvalue weighted by atomic mass is 10.1. The summed E-state index contributed by atoms with van der Waals surface area (Å²) < 4.78 is 26.8. The summed E-state index contributed by atoms with van der Waals surface area (Å²) in [6.45, 7) is 3.64. The molecule has 2 aromatic rings. The minimum atomic E-state index is -4.00. The maximum atomic E-state index is 12.3. The van der Waals surface area contributed by atoms with Crippen LogP contribution in [0.2, 0.25) is 0 Å². The number of hydrogen-bond acceptors (Lipinski definition) is 5. The molecule has 8 heteroatoms. The van der Waals surface area contributed by atoms with E-state index in [0.717, 1.165) is 5.56 Å². The van der Waals surface area contributed by atoms with Crippen LogP contribution in [-0.4, -0.2) is 35.5 Å². The van der Waals surface area contributed by atoms with Crippen LogP contribution in [0.4, 0.5) is 0 Å². The highest BCUT2D eigenvalue weighted by molar-refractivity contribution is 7.89. The Hall–Kier alpha value is -2.32. The smallest absolute Gasteiger partial charge is 0.321 e. The summed E-state index contributed by atoms with van der Waals surface area (Å²) in [6, 6.07) is 7.94. The van der Waals surface area contributed by atoms with E-state index >= 15 is 0 Å². The number of carboxylic acid groups (broad SMARTS) is 1. The van der Waals surface area contributed by atoms with Crippen molar-refractivity contribution in [1.82, 2.24) is 14.7 Å². The predicted molar refractivity (Wildman–Crippen MR) is 88.7 cm³/mol. The van der Waals surface area contributed by atoms with Gasteiger partial charge < -0.3 is 5.11 Å². The molecule has 0 unspecified atom stereocenters.